The van der Waals surface area contributed by atoms with Gasteiger partial charge in [-0.25, -0.2) is 4.79 Å². The molecular formula is C16H22N2O3S. The molecule has 0 spiro atoms. The van der Waals surface area contributed by atoms with Crippen molar-refractivity contribution >= 4 is 23.8 Å². The van der Waals surface area contributed by atoms with Gasteiger partial charge >= 0.3 is 12.0 Å². The minimum Gasteiger partial charge on any atom is -0.481 e. The molecule has 120 valence electrons. The van der Waals surface area contributed by atoms with E-state index in [1.165, 1.54) is 9.80 Å². The summed E-state index contributed by atoms with van der Waals surface area (Å²) in [7, 11) is 1.62. The highest BCUT2D eigenvalue weighted by Crippen LogP contribution is 2.51. The molecule has 1 aromatic carbocycles. The molecule has 1 aliphatic carbocycles. The quantitative estimate of drug-likeness (QED) is 0.810. The SMILES string of the molecule is CC(CN(C)C(=O)NCC1(Sc2ccccc2)CC1)C(=O)O. The molecule has 2 amide bonds. The van der Waals surface area contributed by atoms with Crippen molar-refractivity contribution in [2.24, 2.45) is 5.92 Å². The van der Waals surface area contributed by atoms with Crippen molar-refractivity contribution in [2.75, 3.05) is 20.1 Å². The molecule has 1 fully saturated rings. The summed E-state index contributed by atoms with van der Waals surface area (Å²) in [5.41, 5.74) is 0. The van der Waals surface area contributed by atoms with E-state index in [2.05, 4.69) is 17.4 Å². The van der Waals surface area contributed by atoms with Gasteiger partial charge in [0.15, 0.2) is 0 Å². The normalized spacial score (nSPS) is 16.6. The molecule has 6 heteroatoms. The van der Waals surface area contributed by atoms with Crippen molar-refractivity contribution < 1.29 is 14.7 Å². The summed E-state index contributed by atoms with van der Waals surface area (Å²) in [5, 5.41) is 11.8. The largest absolute Gasteiger partial charge is 0.481 e. The summed E-state index contributed by atoms with van der Waals surface area (Å²) in [5.74, 6) is -1.46. The third kappa shape index (κ3) is 4.66. The fourth-order valence-electron chi connectivity index (χ4n) is 2.14. The molecule has 0 aromatic heterocycles. The van der Waals surface area contributed by atoms with Gasteiger partial charge in [0.05, 0.1) is 5.92 Å². The standard InChI is InChI=1S/C16H22N2O3S/c1-12(14(19)20)10-18(2)15(21)17-11-16(8-9-16)22-13-6-4-3-5-7-13/h3-7,12H,8-11H2,1-2H3,(H,17,21)(H,19,20). The predicted octanol–water partition coefficient (Wildman–Crippen LogP) is 2.67. The monoisotopic (exact) mass is 322 g/mol. The third-order valence-electron chi connectivity index (χ3n) is 3.76. The lowest BCUT2D eigenvalue weighted by molar-refractivity contribution is -0.141. The lowest BCUT2D eigenvalue weighted by Crippen LogP contribution is -2.43. The zero-order chi connectivity index (χ0) is 16.2. The molecule has 0 radical (unpaired) electrons. The molecular weight excluding hydrogens is 300 g/mol. The van der Waals surface area contributed by atoms with Crippen LogP contribution in [0.4, 0.5) is 4.79 Å². The lowest BCUT2D eigenvalue weighted by Gasteiger charge is -2.22. The van der Waals surface area contributed by atoms with E-state index in [-0.39, 0.29) is 17.3 Å². The number of hydrogen-bond acceptors (Lipinski definition) is 3. The van der Waals surface area contributed by atoms with Crippen molar-refractivity contribution in [3.05, 3.63) is 30.3 Å². The predicted molar refractivity (Wildman–Crippen MR) is 87.1 cm³/mol. The molecule has 1 saturated carbocycles. The number of hydrogen-bond donors (Lipinski definition) is 2. The molecule has 1 unspecified atom stereocenters. The maximum Gasteiger partial charge on any atom is 0.317 e. The summed E-state index contributed by atoms with van der Waals surface area (Å²) in [6.45, 7) is 2.41. The number of urea groups is 1. The molecule has 0 bridgehead atoms. The number of benzene rings is 1. The molecule has 2 rings (SSSR count). The zero-order valence-corrected chi connectivity index (χ0v) is 13.7. The fourth-order valence-corrected chi connectivity index (χ4v) is 3.38. The molecule has 1 atom stereocenters. The number of carboxylic acids is 1. The van der Waals surface area contributed by atoms with Crippen LogP contribution in [0.25, 0.3) is 0 Å². The average molecular weight is 322 g/mol. The minimum atomic E-state index is -0.891. The first-order valence-corrected chi connectivity index (χ1v) is 8.19. The third-order valence-corrected chi connectivity index (χ3v) is 5.26. The number of aliphatic carboxylic acids is 1. The molecule has 0 heterocycles. The van der Waals surface area contributed by atoms with Gasteiger partial charge in [-0.15, -0.1) is 11.8 Å². The molecule has 5 nitrogen and oxygen atoms in total. The van der Waals surface area contributed by atoms with Crippen LogP contribution in [0.3, 0.4) is 0 Å². The summed E-state index contributed by atoms with van der Waals surface area (Å²) >= 11 is 1.80. The van der Waals surface area contributed by atoms with Gasteiger partial charge in [-0.2, -0.15) is 0 Å². The van der Waals surface area contributed by atoms with E-state index in [0.29, 0.717) is 6.54 Å². The summed E-state index contributed by atoms with van der Waals surface area (Å²) in [6, 6.07) is 9.95. The van der Waals surface area contributed by atoms with Gasteiger partial charge in [0.1, 0.15) is 0 Å². The molecule has 0 aliphatic heterocycles. The molecule has 1 aromatic rings. The van der Waals surface area contributed by atoms with E-state index in [1.807, 2.05) is 18.2 Å². The molecule has 2 N–H and O–H groups in total. The second kappa shape index (κ2) is 7.05. The molecule has 1 aliphatic rings. The van der Waals surface area contributed by atoms with Crippen molar-refractivity contribution in [1.29, 1.82) is 0 Å². The van der Waals surface area contributed by atoms with Crippen LogP contribution >= 0.6 is 11.8 Å². The average Bonchev–Trinajstić information content (AvgIpc) is 3.25. The molecule has 0 saturated heterocycles. The van der Waals surface area contributed by atoms with Crippen LogP contribution in [0.2, 0.25) is 0 Å². The Balaban J connectivity index is 1.79. The Labute approximate surface area is 135 Å². The van der Waals surface area contributed by atoms with Gasteiger partial charge in [-0.3, -0.25) is 4.79 Å². The van der Waals surface area contributed by atoms with Crippen molar-refractivity contribution in [2.45, 2.75) is 29.4 Å². The smallest absolute Gasteiger partial charge is 0.317 e. The van der Waals surface area contributed by atoms with Gasteiger partial charge in [-0.1, -0.05) is 25.1 Å². The highest BCUT2D eigenvalue weighted by molar-refractivity contribution is 8.01. The number of carboxylic acid groups (broad SMARTS) is 1. The number of amides is 2. The van der Waals surface area contributed by atoms with E-state index in [9.17, 15) is 9.59 Å². The first-order chi connectivity index (χ1) is 10.4. The topological polar surface area (TPSA) is 69.6 Å². The van der Waals surface area contributed by atoms with Crippen LogP contribution in [-0.4, -0.2) is 46.9 Å². The Hall–Kier alpha value is -1.69. The van der Waals surface area contributed by atoms with Crippen molar-refractivity contribution in [3.8, 4) is 0 Å². The van der Waals surface area contributed by atoms with Crippen LogP contribution in [0.1, 0.15) is 19.8 Å². The number of nitrogens with one attached hydrogen (secondary N) is 1. The highest BCUT2D eigenvalue weighted by Gasteiger charge is 2.44. The summed E-state index contributed by atoms with van der Waals surface area (Å²) < 4.78 is 0.0935. The number of thioether (sulfide) groups is 1. The van der Waals surface area contributed by atoms with Crippen LogP contribution in [0.5, 0.6) is 0 Å². The van der Waals surface area contributed by atoms with Gasteiger partial charge < -0.3 is 15.3 Å². The van der Waals surface area contributed by atoms with Crippen molar-refractivity contribution in [1.82, 2.24) is 10.2 Å². The number of nitrogens with zero attached hydrogens (tertiary/aromatic N) is 1. The van der Waals surface area contributed by atoms with Gasteiger partial charge in [-0.05, 0) is 25.0 Å². The Morgan fingerprint density at radius 1 is 1.36 bits per heavy atom. The number of rotatable bonds is 7. The molecule has 22 heavy (non-hydrogen) atoms. The lowest BCUT2D eigenvalue weighted by atomic mass is 10.2. The first kappa shape index (κ1) is 16.7. The first-order valence-electron chi connectivity index (χ1n) is 7.38. The van der Waals surface area contributed by atoms with E-state index in [0.717, 1.165) is 12.8 Å². The second-order valence-corrected chi connectivity index (χ2v) is 7.42. The Bertz CT molecular complexity index is 531. The van der Waals surface area contributed by atoms with E-state index in [4.69, 9.17) is 5.11 Å². The Morgan fingerprint density at radius 2 is 2.00 bits per heavy atom. The Morgan fingerprint density at radius 3 is 2.55 bits per heavy atom. The van der Waals surface area contributed by atoms with Gasteiger partial charge in [0, 0.05) is 29.8 Å². The highest BCUT2D eigenvalue weighted by atomic mass is 32.2. The van der Waals surface area contributed by atoms with Crippen LogP contribution in [0.15, 0.2) is 35.2 Å². The van der Waals surface area contributed by atoms with Crippen LogP contribution in [0, 0.1) is 5.92 Å². The van der Waals surface area contributed by atoms with E-state index in [1.54, 1.807) is 25.7 Å². The summed E-state index contributed by atoms with van der Waals surface area (Å²) in [4.78, 5) is 25.5. The summed E-state index contributed by atoms with van der Waals surface area (Å²) in [6.07, 6.45) is 2.17. The van der Waals surface area contributed by atoms with Crippen LogP contribution in [-0.2, 0) is 4.79 Å². The van der Waals surface area contributed by atoms with Gasteiger partial charge in [0.25, 0.3) is 0 Å². The minimum absolute atomic E-state index is 0.0935. The number of carbonyl (C=O) groups is 2. The zero-order valence-electron chi connectivity index (χ0n) is 12.9. The van der Waals surface area contributed by atoms with Crippen LogP contribution < -0.4 is 5.32 Å². The van der Waals surface area contributed by atoms with Gasteiger partial charge in [0.2, 0.25) is 0 Å². The number of carbonyl (C=O) groups excluding carboxylic acids is 1. The second-order valence-electron chi connectivity index (χ2n) is 5.88. The maximum absolute atomic E-state index is 12.0. The Kier molecular flexibility index (Phi) is 5.34. The fraction of sp³-hybridized carbons (Fsp3) is 0.500. The maximum atomic E-state index is 12.0. The van der Waals surface area contributed by atoms with E-state index < -0.39 is 11.9 Å². The van der Waals surface area contributed by atoms with Crippen molar-refractivity contribution in [3.63, 3.8) is 0 Å². The van der Waals surface area contributed by atoms with E-state index >= 15 is 0 Å².